The lowest BCUT2D eigenvalue weighted by Crippen LogP contribution is -2.48. The molecule has 186 valence electrons. The van der Waals surface area contributed by atoms with E-state index < -0.39 is 0 Å². The molecule has 2 aromatic rings. The first kappa shape index (κ1) is 24.5. The second kappa shape index (κ2) is 11.7. The third-order valence-electron chi connectivity index (χ3n) is 6.37. The molecule has 2 N–H and O–H groups in total. The molecule has 4 amide bonds. The number of hydrogen-bond acceptors (Lipinski definition) is 5. The van der Waals surface area contributed by atoms with Crippen molar-refractivity contribution < 1.29 is 19.1 Å². The Morgan fingerprint density at radius 1 is 0.943 bits per heavy atom. The number of carbonyl (C=O) groups is 3. The van der Waals surface area contributed by atoms with Crippen LogP contribution < -0.4 is 15.5 Å². The van der Waals surface area contributed by atoms with Gasteiger partial charge >= 0.3 is 6.03 Å². The van der Waals surface area contributed by atoms with Gasteiger partial charge < -0.3 is 30.1 Å². The molecule has 2 aromatic carbocycles. The van der Waals surface area contributed by atoms with E-state index in [9.17, 15) is 14.4 Å². The van der Waals surface area contributed by atoms with Crippen molar-refractivity contribution in [2.45, 2.75) is 12.8 Å². The minimum Gasteiger partial charge on any atom is -0.378 e. The van der Waals surface area contributed by atoms with Crippen LogP contribution >= 0.6 is 0 Å². The normalized spacial score (nSPS) is 18.0. The number of amides is 4. The fourth-order valence-corrected chi connectivity index (χ4v) is 4.47. The van der Waals surface area contributed by atoms with Crippen molar-refractivity contribution in [1.82, 2.24) is 9.80 Å². The first-order valence-corrected chi connectivity index (χ1v) is 12.1. The molecule has 0 radical (unpaired) electrons. The lowest BCUT2D eigenvalue weighted by atomic mass is 9.97. The van der Waals surface area contributed by atoms with E-state index in [1.165, 1.54) is 4.90 Å². The highest BCUT2D eigenvalue weighted by Gasteiger charge is 2.30. The highest BCUT2D eigenvalue weighted by Crippen LogP contribution is 2.21. The van der Waals surface area contributed by atoms with E-state index in [0.717, 1.165) is 44.1 Å². The second-order valence-corrected chi connectivity index (χ2v) is 8.97. The maximum absolute atomic E-state index is 13.0. The number of urea groups is 1. The van der Waals surface area contributed by atoms with E-state index in [2.05, 4.69) is 15.5 Å². The van der Waals surface area contributed by atoms with Gasteiger partial charge in [0, 0.05) is 50.3 Å². The van der Waals surface area contributed by atoms with Crippen LogP contribution in [-0.4, -0.2) is 80.6 Å². The average molecular weight is 480 g/mol. The molecule has 2 fully saturated rings. The molecule has 35 heavy (non-hydrogen) atoms. The van der Waals surface area contributed by atoms with Crippen molar-refractivity contribution in [2.24, 2.45) is 5.92 Å². The first-order chi connectivity index (χ1) is 17.0. The summed E-state index contributed by atoms with van der Waals surface area (Å²) in [4.78, 5) is 43.6. The van der Waals surface area contributed by atoms with E-state index in [-0.39, 0.29) is 30.3 Å². The molecule has 0 unspecified atom stereocenters. The molecule has 0 saturated carbocycles. The smallest absolute Gasteiger partial charge is 0.321 e. The van der Waals surface area contributed by atoms with E-state index in [0.29, 0.717) is 25.2 Å². The van der Waals surface area contributed by atoms with Gasteiger partial charge in [0.25, 0.3) is 0 Å². The maximum atomic E-state index is 13.0. The number of morpholine rings is 1. The molecule has 0 spiro atoms. The van der Waals surface area contributed by atoms with Gasteiger partial charge in [0.05, 0.1) is 25.7 Å². The highest BCUT2D eigenvalue weighted by molar-refractivity contribution is 5.95. The number of para-hydroxylation sites is 1. The zero-order valence-electron chi connectivity index (χ0n) is 20.1. The Kier molecular flexibility index (Phi) is 8.20. The number of anilines is 3. The van der Waals surface area contributed by atoms with Crippen LogP contribution in [0.5, 0.6) is 0 Å². The Labute approximate surface area is 206 Å². The van der Waals surface area contributed by atoms with Crippen molar-refractivity contribution >= 4 is 34.9 Å². The highest BCUT2D eigenvalue weighted by atomic mass is 16.5. The molecular weight excluding hydrogens is 446 g/mol. The lowest BCUT2D eigenvalue weighted by molar-refractivity contribution is -0.138. The molecular formula is C26H33N5O4. The van der Waals surface area contributed by atoms with Gasteiger partial charge in [0.15, 0.2) is 0 Å². The lowest BCUT2D eigenvalue weighted by Gasteiger charge is -2.33. The predicted octanol–water partition coefficient (Wildman–Crippen LogP) is 2.86. The minimum atomic E-state index is -0.323. The summed E-state index contributed by atoms with van der Waals surface area (Å²) < 4.78 is 5.39. The second-order valence-electron chi connectivity index (χ2n) is 8.97. The average Bonchev–Trinajstić information content (AvgIpc) is 2.89. The van der Waals surface area contributed by atoms with Gasteiger partial charge in [-0.1, -0.05) is 18.2 Å². The van der Waals surface area contributed by atoms with Gasteiger partial charge in [0.2, 0.25) is 11.8 Å². The monoisotopic (exact) mass is 479 g/mol. The van der Waals surface area contributed by atoms with Crippen molar-refractivity contribution in [2.75, 3.05) is 68.5 Å². The summed E-state index contributed by atoms with van der Waals surface area (Å²) in [6.45, 7) is 4.04. The molecule has 0 aliphatic carbocycles. The molecule has 2 aliphatic rings. The van der Waals surface area contributed by atoms with Gasteiger partial charge in [-0.3, -0.25) is 9.59 Å². The molecule has 9 heteroatoms. The molecule has 2 saturated heterocycles. The molecule has 1 atom stereocenters. The van der Waals surface area contributed by atoms with E-state index in [1.54, 1.807) is 11.9 Å². The van der Waals surface area contributed by atoms with Crippen molar-refractivity contribution in [1.29, 1.82) is 0 Å². The van der Waals surface area contributed by atoms with Crippen molar-refractivity contribution in [3.8, 4) is 0 Å². The zero-order chi connectivity index (χ0) is 24.6. The number of piperidine rings is 1. The molecule has 4 rings (SSSR count). The van der Waals surface area contributed by atoms with Crippen molar-refractivity contribution in [3.05, 3.63) is 54.6 Å². The van der Waals surface area contributed by atoms with Gasteiger partial charge in [-0.25, -0.2) is 4.79 Å². The van der Waals surface area contributed by atoms with Gasteiger partial charge in [0.1, 0.15) is 0 Å². The molecule has 0 aromatic heterocycles. The van der Waals surface area contributed by atoms with E-state index >= 15 is 0 Å². The summed E-state index contributed by atoms with van der Waals surface area (Å²) in [5.41, 5.74) is 2.50. The number of hydrogen-bond donors (Lipinski definition) is 2. The van der Waals surface area contributed by atoms with Gasteiger partial charge in [-0.2, -0.15) is 0 Å². The Hall–Kier alpha value is -3.59. The van der Waals surface area contributed by atoms with Crippen LogP contribution in [0.3, 0.4) is 0 Å². The van der Waals surface area contributed by atoms with Crippen LogP contribution in [-0.2, 0) is 14.3 Å². The fraction of sp³-hybridized carbons (Fsp3) is 0.423. The fourth-order valence-electron chi connectivity index (χ4n) is 4.47. The minimum absolute atomic E-state index is 0.0449. The molecule has 9 nitrogen and oxygen atoms in total. The van der Waals surface area contributed by atoms with Crippen LogP contribution in [0.4, 0.5) is 21.9 Å². The number of carbonyl (C=O) groups excluding carboxylic acids is 3. The van der Waals surface area contributed by atoms with Gasteiger partial charge in [-0.05, 0) is 49.2 Å². The topological polar surface area (TPSA) is 94.2 Å². The zero-order valence-corrected chi connectivity index (χ0v) is 20.1. The molecule has 2 aliphatic heterocycles. The Morgan fingerprint density at radius 2 is 1.63 bits per heavy atom. The third-order valence-corrected chi connectivity index (χ3v) is 6.37. The summed E-state index contributed by atoms with van der Waals surface area (Å²) in [6.07, 6.45) is 1.44. The SMILES string of the molecule is CN(CC(=O)Nc1ccc(N2CCOCC2)cc1)C(=O)[C@@H]1CCCN(C(=O)Nc2ccccc2)C1. The number of nitrogens with one attached hydrogen (secondary N) is 2. The summed E-state index contributed by atoms with van der Waals surface area (Å²) in [5.74, 6) is -0.703. The summed E-state index contributed by atoms with van der Waals surface area (Å²) >= 11 is 0. The van der Waals surface area contributed by atoms with Crippen LogP contribution in [0.2, 0.25) is 0 Å². The van der Waals surface area contributed by atoms with Crippen LogP contribution in [0.1, 0.15) is 12.8 Å². The number of ether oxygens (including phenoxy) is 1. The quantitative estimate of drug-likeness (QED) is 0.665. The summed E-state index contributed by atoms with van der Waals surface area (Å²) in [6, 6.07) is 16.7. The number of likely N-dealkylation sites (tertiary alicyclic amines) is 1. The van der Waals surface area contributed by atoms with Crippen molar-refractivity contribution in [3.63, 3.8) is 0 Å². The van der Waals surface area contributed by atoms with Crippen LogP contribution in [0.15, 0.2) is 54.6 Å². The van der Waals surface area contributed by atoms with E-state index in [1.807, 2.05) is 54.6 Å². The standard InChI is InChI=1S/C26H33N5O4/c1-29(19-24(32)27-22-9-11-23(12-10-22)30-14-16-35-17-15-30)25(33)20-6-5-13-31(18-20)26(34)28-21-7-3-2-4-8-21/h2-4,7-12,20H,5-6,13-19H2,1H3,(H,27,32)(H,28,34)/t20-/m1/s1. The third kappa shape index (κ3) is 6.73. The maximum Gasteiger partial charge on any atom is 0.321 e. The van der Waals surface area contributed by atoms with Gasteiger partial charge in [-0.15, -0.1) is 0 Å². The number of rotatable bonds is 6. The number of benzene rings is 2. The summed E-state index contributed by atoms with van der Waals surface area (Å²) in [7, 11) is 1.63. The number of nitrogens with zero attached hydrogens (tertiary/aromatic N) is 3. The predicted molar refractivity (Wildman–Crippen MR) is 135 cm³/mol. The van der Waals surface area contributed by atoms with E-state index in [4.69, 9.17) is 4.74 Å². The van der Waals surface area contributed by atoms with Crippen LogP contribution in [0.25, 0.3) is 0 Å². The van der Waals surface area contributed by atoms with Crippen LogP contribution in [0, 0.1) is 5.92 Å². The Bertz CT molecular complexity index is 1010. The molecule has 0 bridgehead atoms. The Balaban J connectivity index is 1.25. The summed E-state index contributed by atoms with van der Waals surface area (Å²) in [5, 5.41) is 5.74. The largest absolute Gasteiger partial charge is 0.378 e. The number of likely N-dealkylation sites (N-methyl/N-ethyl adjacent to an activating group) is 1. The Morgan fingerprint density at radius 3 is 2.34 bits per heavy atom. The first-order valence-electron chi connectivity index (χ1n) is 12.1. The molecule has 2 heterocycles.